The van der Waals surface area contributed by atoms with Crippen LogP contribution in [0, 0.1) is 0 Å². The predicted octanol–water partition coefficient (Wildman–Crippen LogP) is 6.37. The molecule has 140 valence electrons. The highest BCUT2D eigenvalue weighted by Gasteiger charge is 2.30. The Bertz CT molecular complexity index is 967. The van der Waals surface area contributed by atoms with Gasteiger partial charge in [0.25, 0.3) is 6.71 Å². The minimum Gasteiger partial charge on any atom is -0.158 e. The van der Waals surface area contributed by atoms with Gasteiger partial charge in [0.15, 0.2) is 0 Å². The summed E-state index contributed by atoms with van der Waals surface area (Å²) in [7, 11) is -0.0580. The van der Waals surface area contributed by atoms with Crippen LogP contribution < -0.4 is 9.55 Å². The van der Waals surface area contributed by atoms with E-state index in [-0.39, 0.29) is 7.92 Å². The van der Waals surface area contributed by atoms with Crippen molar-refractivity contribution >= 4 is 69.2 Å². The lowest BCUT2D eigenvalue weighted by molar-refractivity contribution is 1.57. The van der Waals surface area contributed by atoms with Crippen LogP contribution in [0.1, 0.15) is 10.4 Å². The van der Waals surface area contributed by atoms with E-state index in [4.69, 9.17) is 0 Å². The average molecular weight is 436 g/mol. The lowest BCUT2D eigenvalue weighted by Gasteiger charge is -2.22. The van der Waals surface area contributed by atoms with Gasteiger partial charge in [0, 0.05) is 4.88 Å². The second-order valence-electron chi connectivity index (χ2n) is 6.94. The van der Waals surface area contributed by atoms with Crippen molar-refractivity contribution in [3.8, 4) is 0 Å². The van der Waals surface area contributed by atoms with E-state index in [2.05, 4.69) is 96.2 Å². The molecule has 3 heterocycles. The van der Waals surface area contributed by atoms with E-state index in [9.17, 15) is 0 Å². The molecule has 4 rings (SSSR count). The van der Waals surface area contributed by atoms with Gasteiger partial charge in [0.05, 0.1) is 0 Å². The molecule has 0 saturated carbocycles. The average Bonchev–Trinajstić information content (AvgIpc) is 3.48. The Morgan fingerprint density at radius 2 is 1.36 bits per heavy atom. The van der Waals surface area contributed by atoms with Crippen molar-refractivity contribution in [3.05, 3.63) is 93.3 Å². The summed E-state index contributed by atoms with van der Waals surface area (Å²) in [6.07, 6.45) is 1.14. The zero-order chi connectivity index (χ0) is 19.3. The van der Waals surface area contributed by atoms with Crippen LogP contribution in [0.2, 0.25) is 0 Å². The SMILES string of the molecule is CP(C)C/C(=C(\B(c1cccs1)c1cccs1)c1cccs1)c1ccccc1. The number of benzene rings is 1. The highest BCUT2D eigenvalue weighted by Crippen LogP contribution is 2.39. The second-order valence-corrected chi connectivity index (χ2v) is 12.3. The quantitative estimate of drug-likeness (QED) is 0.233. The maximum absolute atomic E-state index is 2.38. The molecule has 0 atom stereocenters. The van der Waals surface area contributed by atoms with E-state index in [1.54, 1.807) is 0 Å². The zero-order valence-corrected chi connectivity index (χ0v) is 19.4. The summed E-state index contributed by atoms with van der Waals surface area (Å²) >= 11 is 5.60. The van der Waals surface area contributed by atoms with Crippen molar-refractivity contribution in [3.63, 3.8) is 0 Å². The number of rotatable bonds is 7. The van der Waals surface area contributed by atoms with Crippen LogP contribution in [0.4, 0.5) is 0 Å². The molecule has 5 heteroatoms. The Hall–Kier alpha value is -1.45. The fraction of sp³-hybridized carbons (Fsp3) is 0.130. The Morgan fingerprint density at radius 3 is 1.86 bits per heavy atom. The van der Waals surface area contributed by atoms with E-state index in [1.165, 1.54) is 31.0 Å². The fourth-order valence-electron chi connectivity index (χ4n) is 3.52. The minimum atomic E-state index is -0.0580. The molecule has 3 aromatic heterocycles. The first-order valence-corrected chi connectivity index (χ1v) is 14.3. The summed E-state index contributed by atoms with van der Waals surface area (Å²) in [5, 5.41) is 6.62. The van der Waals surface area contributed by atoms with Gasteiger partial charge in [-0.05, 0) is 67.9 Å². The van der Waals surface area contributed by atoms with Gasteiger partial charge in [-0.15, -0.1) is 19.3 Å². The topological polar surface area (TPSA) is 0 Å². The Labute approximate surface area is 181 Å². The number of hydrogen-bond donors (Lipinski definition) is 0. The van der Waals surface area contributed by atoms with Crippen molar-refractivity contribution < 1.29 is 0 Å². The summed E-state index contributed by atoms with van der Waals surface area (Å²) in [4.78, 5) is 1.39. The van der Waals surface area contributed by atoms with Gasteiger partial charge >= 0.3 is 0 Å². The predicted molar refractivity (Wildman–Crippen MR) is 135 cm³/mol. The van der Waals surface area contributed by atoms with Gasteiger partial charge < -0.3 is 0 Å². The molecule has 0 fully saturated rings. The standard InChI is InChI=1S/C23H22BPS3/c1-25(2)17-19(18-9-4-3-5-10-18)23(20-11-6-14-26-20)24(21-12-7-15-27-21)22-13-8-16-28-22/h3-16H,17H2,1-2H3/b23-19+. The third-order valence-electron chi connectivity index (χ3n) is 4.65. The van der Waals surface area contributed by atoms with Crippen molar-refractivity contribution in [2.24, 2.45) is 0 Å². The molecule has 0 amide bonds. The molecular weight excluding hydrogens is 414 g/mol. The monoisotopic (exact) mass is 436 g/mol. The van der Waals surface area contributed by atoms with Crippen molar-refractivity contribution in [1.82, 2.24) is 0 Å². The summed E-state index contributed by atoms with van der Waals surface area (Å²) in [5.74, 6) is 0. The molecule has 0 spiro atoms. The molecule has 0 N–H and O–H groups in total. The molecule has 0 aliphatic carbocycles. The normalized spacial score (nSPS) is 12.2. The fourth-order valence-corrected chi connectivity index (χ4v) is 7.11. The molecule has 4 aromatic rings. The van der Waals surface area contributed by atoms with Crippen molar-refractivity contribution in [2.75, 3.05) is 19.5 Å². The van der Waals surface area contributed by atoms with E-state index in [1.807, 2.05) is 34.0 Å². The summed E-state index contributed by atoms with van der Waals surface area (Å²) < 4.78 is 2.85. The third-order valence-corrected chi connectivity index (χ3v) is 8.38. The van der Waals surface area contributed by atoms with Gasteiger partial charge in [-0.25, -0.2) is 0 Å². The van der Waals surface area contributed by atoms with E-state index >= 15 is 0 Å². The molecule has 0 unspecified atom stereocenters. The molecule has 0 aliphatic rings. The van der Waals surface area contributed by atoms with Crippen LogP contribution in [0.3, 0.4) is 0 Å². The van der Waals surface area contributed by atoms with Crippen molar-refractivity contribution in [2.45, 2.75) is 0 Å². The molecule has 1 aromatic carbocycles. The number of hydrogen-bond acceptors (Lipinski definition) is 3. The van der Waals surface area contributed by atoms with Gasteiger partial charge in [-0.3, -0.25) is 0 Å². The summed E-state index contributed by atoms with van der Waals surface area (Å²) in [6.45, 7) is 5.06. The van der Waals surface area contributed by atoms with Crippen LogP contribution in [-0.2, 0) is 0 Å². The second kappa shape index (κ2) is 9.37. The smallest absolute Gasteiger partial charge is 0.158 e. The third kappa shape index (κ3) is 4.41. The van der Waals surface area contributed by atoms with Gasteiger partial charge in [-0.1, -0.05) is 60.7 Å². The van der Waals surface area contributed by atoms with E-state index in [0.29, 0.717) is 6.71 Å². The maximum atomic E-state index is 2.38. The number of thiophene rings is 3. The highest BCUT2D eigenvalue weighted by atomic mass is 32.1. The molecule has 28 heavy (non-hydrogen) atoms. The highest BCUT2D eigenvalue weighted by molar-refractivity contribution is 7.56. The lowest BCUT2D eigenvalue weighted by atomic mass is 9.41. The molecule has 0 bridgehead atoms. The van der Waals surface area contributed by atoms with Crippen molar-refractivity contribution in [1.29, 1.82) is 0 Å². The Balaban J connectivity index is 2.01. The van der Waals surface area contributed by atoms with Crippen LogP contribution >= 0.6 is 41.9 Å². The van der Waals surface area contributed by atoms with Crippen LogP contribution in [0.5, 0.6) is 0 Å². The molecular formula is C23H22BPS3. The van der Waals surface area contributed by atoms with Gasteiger partial charge in [-0.2, -0.15) is 22.7 Å². The Kier molecular flexibility index (Phi) is 6.64. The zero-order valence-electron chi connectivity index (χ0n) is 16.0. The first-order valence-electron chi connectivity index (χ1n) is 9.28. The first-order chi connectivity index (χ1) is 13.7. The summed E-state index contributed by atoms with van der Waals surface area (Å²) in [5.41, 5.74) is 4.36. The summed E-state index contributed by atoms with van der Waals surface area (Å²) in [6, 6.07) is 24.4. The molecule has 0 radical (unpaired) electrons. The molecule has 0 aliphatic heterocycles. The first kappa shape index (κ1) is 19.9. The molecule has 0 nitrogen and oxygen atoms in total. The van der Waals surface area contributed by atoms with Crippen LogP contribution in [0.15, 0.2) is 82.9 Å². The van der Waals surface area contributed by atoms with Crippen LogP contribution in [-0.4, -0.2) is 26.2 Å². The Morgan fingerprint density at radius 1 is 0.750 bits per heavy atom. The molecule has 0 saturated heterocycles. The lowest BCUT2D eigenvalue weighted by Crippen LogP contribution is -2.40. The van der Waals surface area contributed by atoms with Crippen LogP contribution in [0.25, 0.3) is 11.0 Å². The van der Waals surface area contributed by atoms with E-state index in [0.717, 1.165) is 6.16 Å². The van der Waals surface area contributed by atoms with Gasteiger partial charge in [0.2, 0.25) is 0 Å². The van der Waals surface area contributed by atoms with Gasteiger partial charge in [0.1, 0.15) is 0 Å². The largest absolute Gasteiger partial charge is 0.268 e. The maximum Gasteiger partial charge on any atom is 0.268 e. The van der Waals surface area contributed by atoms with E-state index < -0.39 is 0 Å². The minimum absolute atomic E-state index is 0.0580. The number of allylic oxidation sites excluding steroid dienone is 1.